The van der Waals surface area contributed by atoms with Gasteiger partial charge >= 0.3 is 0 Å². The topological polar surface area (TPSA) is 105 Å². The summed E-state index contributed by atoms with van der Waals surface area (Å²) in [6.07, 6.45) is 1.35. The molecular formula is C20H14F2N6O. The van der Waals surface area contributed by atoms with Gasteiger partial charge in [-0.2, -0.15) is 5.10 Å². The molecule has 9 heteroatoms. The van der Waals surface area contributed by atoms with Gasteiger partial charge in [0.25, 0.3) is 0 Å². The molecule has 0 bridgehead atoms. The predicted octanol–water partition coefficient (Wildman–Crippen LogP) is 3.63. The first-order valence-corrected chi connectivity index (χ1v) is 8.73. The number of hydrogen-bond donors (Lipinski definition) is 3. The number of carbonyl (C=O) groups is 1. The number of nitrogens with two attached hydrogens (primary N) is 1. The Bertz CT molecular complexity index is 1430. The number of nitrogen functional groups attached to an aromatic ring is 1. The maximum absolute atomic E-state index is 13.9. The van der Waals surface area contributed by atoms with Gasteiger partial charge in [-0.1, -0.05) is 0 Å². The van der Waals surface area contributed by atoms with Crippen molar-refractivity contribution in [3.05, 3.63) is 71.3 Å². The second kappa shape index (κ2) is 5.99. The number of hydrogen-bond acceptors (Lipinski definition) is 4. The van der Waals surface area contributed by atoms with Gasteiger partial charge in [0.15, 0.2) is 0 Å². The fourth-order valence-corrected chi connectivity index (χ4v) is 3.42. The van der Waals surface area contributed by atoms with Gasteiger partial charge in [-0.15, -0.1) is 0 Å². The highest BCUT2D eigenvalue weighted by atomic mass is 19.1. The number of fused-ring (bicyclic) bond motifs is 2. The third kappa shape index (κ3) is 2.66. The SMILES string of the molecule is Cc1nc2cc(-n3ncc(C(=O)c4cc5c(F)cc(F)cc5[nH]4)c3N)ccc2[nH]1. The molecule has 5 rings (SSSR count). The van der Waals surface area contributed by atoms with Crippen LogP contribution >= 0.6 is 0 Å². The molecule has 0 amide bonds. The molecule has 0 saturated carbocycles. The molecule has 0 fully saturated rings. The summed E-state index contributed by atoms with van der Waals surface area (Å²) in [7, 11) is 0. The van der Waals surface area contributed by atoms with Gasteiger partial charge in [0, 0.05) is 11.5 Å². The van der Waals surface area contributed by atoms with Crippen LogP contribution in [0.3, 0.4) is 0 Å². The Morgan fingerprint density at radius 1 is 1.10 bits per heavy atom. The summed E-state index contributed by atoms with van der Waals surface area (Å²) in [6.45, 7) is 1.85. The van der Waals surface area contributed by atoms with E-state index in [0.717, 1.165) is 29.0 Å². The minimum absolute atomic E-state index is 0.0918. The van der Waals surface area contributed by atoms with E-state index >= 15 is 0 Å². The van der Waals surface area contributed by atoms with E-state index in [4.69, 9.17) is 5.73 Å². The Kier molecular flexibility index (Phi) is 3.54. The predicted molar refractivity (Wildman–Crippen MR) is 104 cm³/mol. The van der Waals surface area contributed by atoms with Crippen LogP contribution in [0.1, 0.15) is 21.9 Å². The number of anilines is 1. The molecule has 5 aromatic rings. The van der Waals surface area contributed by atoms with E-state index in [1.807, 2.05) is 13.0 Å². The Hall–Kier alpha value is -4.01. The quantitative estimate of drug-likeness (QED) is 0.408. The molecule has 29 heavy (non-hydrogen) atoms. The van der Waals surface area contributed by atoms with Crippen molar-refractivity contribution in [3.63, 3.8) is 0 Å². The van der Waals surface area contributed by atoms with Crippen LogP contribution in [0.15, 0.2) is 42.6 Å². The van der Waals surface area contributed by atoms with Crippen molar-refractivity contribution < 1.29 is 13.6 Å². The van der Waals surface area contributed by atoms with Crippen LogP contribution in [-0.2, 0) is 0 Å². The minimum Gasteiger partial charge on any atom is -0.383 e. The van der Waals surface area contributed by atoms with Gasteiger partial charge in [0.05, 0.1) is 39.7 Å². The van der Waals surface area contributed by atoms with Crippen molar-refractivity contribution in [1.82, 2.24) is 24.7 Å². The van der Waals surface area contributed by atoms with E-state index in [1.54, 1.807) is 12.1 Å². The van der Waals surface area contributed by atoms with E-state index in [9.17, 15) is 13.6 Å². The summed E-state index contributed by atoms with van der Waals surface area (Å²) in [6, 6.07) is 8.69. The van der Waals surface area contributed by atoms with Crippen LogP contribution in [0, 0.1) is 18.6 Å². The van der Waals surface area contributed by atoms with Crippen LogP contribution in [-0.4, -0.2) is 30.5 Å². The third-order valence-corrected chi connectivity index (χ3v) is 4.78. The second-order valence-electron chi connectivity index (χ2n) is 6.74. The third-order valence-electron chi connectivity index (χ3n) is 4.78. The first kappa shape index (κ1) is 17.1. The summed E-state index contributed by atoms with van der Waals surface area (Å²) in [5, 5.41) is 4.34. The van der Waals surface area contributed by atoms with Gasteiger partial charge in [0.1, 0.15) is 23.3 Å². The van der Waals surface area contributed by atoms with Crippen molar-refractivity contribution in [3.8, 4) is 5.69 Å². The molecule has 7 nitrogen and oxygen atoms in total. The molecule has 0 unspecified atom stereocenters. The fraction of sp³-hybridized carbons (Fsp3) is 0.0500. The molecule has 0 radical (unpaired) electrons. The summed E-state index contributed by atoms with van der Waals surface area (Å²) in [4.78, 5) is 23.2. The first-order valence-electron chi connectivity index (χ1n) is 8.73. The van der Waals surface area contributed by atoms with Crippen molar-refractivity contribution in [2.24, 2.45) is 0 Å². The summed E-state index contributed by atoms with van der Waals surface area (Å²) >= 11 is 0. The van der Waals surface area contributed by atoms with Crippen molar-refractivity contribution >= 4 is 33.5 Å². The van der Waals surface area contributed by atoms with Crippen LogP contribution in [0.2, 0.25) is 0 Å². The molecule has 0 aliphatic rings. The van der Waals surface area contributed by atoms with E-state index in [0.29, 0.717) is 5.69 Å². The molecule has 144 valence electrons. The van der Waals surface area contributed by atoms with Gasteiger partial charge in [-0.3, -0.25) is 4.79 Å². The van der Waals surface area contributed by atoms with Crippen molar-refractivity contribution in [2.75, 3.05) is 5.73 Å². The van der Waals surface area contributed by atoms with E-state index in [-0.39, 0.29) is 28.0 Å². The molecule has 0 aliphatic heterocycles. The average molecular weight is 392 g/mol. The minimum atomic E-state index is -0.749. The van der Waals surface area contributed by atoms with Gasteiger partial charge in [-0.05, 0) is 37.3 Å². The molecule has 4 N–H and O–H groups in total. The highest BCUT2D eigenvalue weighted by Crippen LogP contribution is 2.25. The van der Waals surface area contributed by atoms with Crippen LogP contribution in [0.25, 0.3) is 27.6 Å². The first-order chi connectivity index (χ1) is 13.9. The lowest BCUT2D eigenvalue weighted by Crippen LogP contribution is -2.07. The maximum atomic E-state index is 13.9. The number of rotatable bonds is 3. The lowest BCUT2D eigenvalue weighted by atomic mass is 10.1. The Morgan fingerprint density at radius 2 is 1.93 bits per heavy atom. The highest BCUT2D eigenvalue weighted by Gasteiger charge is 2.21. The number of halogens is 2. The molecule has 0 atom stereocenters. The average Bonchev–Trinajstić information content (AvgIpc) is 3.36. The highest BCUT2D eigenvalue weighted by molar-refractivity contribution is 6.12. The molecular weight excluding hydrogens is 378 g/mol. The molecule has 3 aromatic heterocycles. The number of H-pyrrole nitrogens is 2. The number of carbonyl (C=O) groups excluding carboxylic acids is 1. The van der Waals surface area contributed by atoms with E-state index in [2.05, 4.69) is 20.1 Å². The van der Waals surface area contributed by atoms with Gasteiger partial charge in [-0.25, -0.2) is 18.4 Å². The monoisotopic (exact) mass is 392 g/mol. The smallest absolute Gasteiger partial charge is 0.214 e. The normalized spacial score (nSPS) is 11.6. The number of aromatic nitrogens is 5. The molecule has 2 aromatic carbocycles. The summed E-state index contributed by atoms with van der Waals surface area (Å²) in [5.74, 6) is -1.04. The standard InChI is InChI=1S/C20H14F2N6O/c1-9-25-15-3-2-11(6-17(15)26-9)28-20(23)13(8-24-28)19(29)18-7-12-14(22)4-10(21)5-16(12)27-18/h2-8,27H,23H2,1H3,(H,25,26). The number of nitrogens with zero attached hydrogens (tertiary/aromatic N) is 3. The zero-order chi connectivity index (χ0) is 20.3. The zero-order valence-electron chi connectivity index (χ0n) is 15.1. The number of ketones is 1. The largest absolute Gasteiger partial charge is 0.383 e. The molecule has 0 spiro atoms. The summed E-state index contributed by atoms with van der Waals surface area (Å²) < 4.78 is 28.8. The fourth-order valence-electron chi connectivity index (χ4n) is 3.42. The maximum Gasteiger partial charge on any atom is 0.214 e. The van der Waals surface area contributed by atoms with E-state index in [1.165, 1.54) is 16.9 Å². The Labute approximate surface area is 162 Å². The zero-order valence-corrected chi connectivity index (χ0v) is 15.1. The van der Waals surface area contributed by atoms with Crippen molar-refractivity contribution in [1.29, 1.82) is 0 Å². The molecule has 0 saturated heterocycles. The molecule has 0 aliphatic carbocycles. The Morgan fingerprint density at radius 3 is 2.76 bits per heavy atom. The Balaban J connectivity index is 1.56. The summed E-state index contributed by atoms with van der Waals surface area (Å²) in [5.41, 5.74) is 8.87. The number of aromatic amines is 2. The van der Waals surface area contributed by atoms with Gasteiger partial charge < -0.3 is 15.7 Å². The van der Waals surface area contributed by atoms with E-state index < -0.39 is 17.4 Å². The van der Waals surface area contributed by atoms with Crippen molar-refractivity contribution in [2.45, 2.75) is 6.92 Å². The van der Waals surface area contributed by atoms with Crippen LogP contribution in [0.5, 0.6) is 0 Å². The number of imidazole rings is 1. The van der Waals surface area contributed by atoms with Crippen LogP contribution in [0.4, 0.5) is 14.6 Å². The molecule has 3 heterocycles. The van der Waals surface area contributed by atoms with Crippen LogP contribution < -0.4 is 5.73 Å². The lowest BCUT2D eigenvalue weighted by molar-refractivity contribution is 0.103. The number of aryl methyl sites for hydroxylation is 1. The number of benzene rings is 2. The van der Waals surface area contributed by atoms with Gasteiger partial charge in [0.2, 0.25) is 5.78 Å². The lowest BCUT2D eigenvalue weighted by Gasteiger charge is -2.04. The number of nitrogens with one attached hydrogen (secondary N) is 2. The second-order valence-corrected chi connectivity index (χ2v) is 6.74.